The summed E-state index contributed by atoms with van der Waals surface area (Å²) in [5.41, 5.74) is 4.21. The Morgan fingerprint density at radius 3 is 2.06 bits per heavy atom. The molecule has 0 heterocycles. The van der Waals surface area contributed by atoms with Crippen LogP contribution in [0.1, 0.15) is 27.0 Å². The molecule has 1 nitrogen and oxygen atoms in total. The fourth-order valence-electron chi connectivity index (χ4n) is 2.10. The van der Waals surface area contributed by atoms with Crippen molar-refractivity contribution in [1.82, 2.24) is 0 Å². The fourth-order valence-corrected chi connectivity index (χ4v) is 2.37. The molecule has 1 rings (SSSR count). The predicted molar refractivity (Wildman–Crippen MR) is 82.2 cm³/mol. The lowest BCUT2D eigenvalue weighted by atomic mass is 9.90. The molecule has 0 amide bonds. The van der Waals surface area contributed by atoms with Crippen LogP contribution in [0, 0.1) is 0 Å². The van der Waals surface area contributed by atoms with Gasteiger partial charge in [-0.25, -0.2) is 0 Å². The van der Waals surface area contributed by atoms with Crippen molar-refractivity contribution < 1.29 is 4.79 Å². The molecule has 0 aliphatic carbocycles. The second kappa shape index (κ2) is 7.08. The average molecular weight is 258 g/mol. The minimum absolute atomic E-state index is 0.0160. The largest absolute Gasteiger partial charge is 0.290 e. The quantitative estimate of drug-likeness (QED) is 0.535. The molecule has 94 valence electrons. The molecule has 0 bridgehead atoms. The van der Waals surface area contributed by atoms with Crippen LogP contribution in [0.25, 0.3) is 0 Å². The van der Waals surface area contributed by atoms with E-state index < -0.39 is 0 Å². The minimum Gasteiger partial charge on any atom is -0.290 e. The Hall–Kier alpha value is -1.46. The first-order valence-electron chi connectivity index (χ1n) is 5.91. The van der Waals surface area contributed by atoms with Gasteiger partial charge < -0.3 is 0 Å². The van der Waals surface area contributed by atoms with E-state index >= 15 is 0 Å². The van der Waals surface area contributed by atoms with Crippen LogP contribution >= 0.6 is 9.24 Å². The second-order valence-corrected chi connectivity index (χ2v) is 4.60. The van der Waals surface area contributed by atoms with E-state index in [0.717, 1.165) is 24.0 Å². The van der Waals surface area contributed by atoms with Crippen molar-refractivity contribution in [2.24, 2.45) is 0 Å². The van der Waals surface area contributed by atoms with Crippen molar-refractivity contribution >= 4 is 14.8 Å². The van der Waals surface area contributed by atoms with E-state index in [-0.39, 0.29) is 5.52 Å². The molecule has 0 saturated carbocycles. The third-order valence-corrected chi connectivity index (χ3v) is 3.17. The highest BCUT2D eigenvalue weighted by molar-refractivity contribution is 7.41. The highest BCUT2D eigenvalue weighted by Gasteiger charge is 2.13. The summed E-state index contributed by atoms with van der Waals surface area (Å²) in [5, 5.41) is 0. The lowest BCUT2D eigenvalue weighted by Crippen LogP contribution is -2.05. The first-order chi connectivity index (χ1) is 8.65. The molecular formula is C16H19OP. The van der Waals surface area contributed by atoms with Crippen molar-refractivity contribution in [2.45, 2.75) is 19.3 Å². The summed E-state index contributed by atoms with van der Waals surface area (Å²) >= 11 is 0. The van der Waals surface area contributed by atoms with Crippen LogP contribution in [-0.2, 0) is 19.3 Å². The fraction of sp³-hybridized carbons (Fsp3) is 0.188. The summed E-state index contributed by atoms with van der Waals surface area (Å²) in [6.45, 7) is 11.3. The molecule has 0 radical (unpaired) electrons. The topological polar surface area (TPSA) is 17.1 Å². The number of rotatable bonds is 7. The molecule has 18 heavy (non-hydrogen) atoms. The zero-order valence-electron chi connectivity index (χ0n) is 10.6. The molecule has 0 aromatic heterocycles. The van der Waals surface area contributed by atoms with Gasteiger partial charge in [0.1, 0.15) is 0 Å². The number of carbonyl (C=O) groups is 1. The zero-order valence-corrected chi connectivity index (χ0v) is 11.8. The monoisotopic (exact) mass is 258 g/mol. The van der Waals surface area contributed by atoms with Gasteiger partial charge in [-0.1, -0.05) is 39.6 Å². The first-order valence-corrected chi connectivity index (χ1v) is 6.49. The summed E-state index contributed by atoms with van der Waals surface area (Å²) < 4.78 is 0. The Morgan fingerprint density at radius 2 is 1.56 bits per heavy atom. The van der Waals surface area contributed by atoms with Crippen molar-refractivity contribution in [3.05, 3.63) is 72.4 Å². The maximum atomic E-state index is 11.6. The number of hydrogen-bond donors (Lipinski definition) is 0. The molecule has 1 atom stereocenters. The summed E-state index contributed by atoms with van der Waals surface area (Å²) in [6, 6.07) is 3.89. The van der Waals surface area contributed by atoms with Gasteiger partial charge in [-0.15, -0.1) is 19.7 Å². The van der Waals surface area contributed by atoms with Crippen LogP contribution in [0.2, 0.25) is 0 Å². The average Bonchev–Trinajstić information content (AvgIpc) is 2.33. The summed E-state index contributed by atoms with van der Waals surface area (Å²) in [7, 11) is 2.24. The predicted octanol–water partition coefficient (Wildman–Crippen LogP) is 3.89. The molecule has 1 aromatic carbocycles. The Morgan fingerprint density at radius 1 is 1.00 bits per heavy atom. The maximum Gasteiger partial charge on any atom is 0.178 e. The molecule has 0 spiro atoms. The highest BCUT2D eigenvalue weighted by atomic mass is 31.0. The smallest absolute Gasteiger partial charge is 0.178 e. The van der Waals surface area contributed by atoms with Crippen LogP contribution in [0.4, 0.5) is 0 Å². The molecule has 0 aliphatic heterocycles. The standard InChI is InChI=1S/C16H19OP/c1-4-7-12-10-11-15(16(17)18)14(9-6-3)13(12)8-5-2/h4-6,10-11H,1-3,7-9,18H2. The van der Waals surface area contributed by atoms with Crippen molar-refractivity contribution in [2.75, 3.05) is 0 Å². The normalized spacial score (nSPS) is 9.83. The van der Waals surface area contributed by atoms with Gasteiger partial charge in [-0.2, -0.15) is 0 Å². The maximum absolute atomic E-state index is 11.6. The van der Waals surface area contributed by atoms with Crippen molar-refractivity contribution in [3.63, 3.8) is 0 Å². The van der Waals surface area contributed by atoms with E-state index in [4.69, 9.17) is 0 Å². The number of benzene rings is 1. The van der Waals surface area contributed by atoms with Gasteiger partial charge in [0.05, 0.1) is 0 Å². The van der Waals surface area contributed by atoms with Crippen LogP contribution < -0.4 is 0 Å². The van der Waals surface area contributed by atoms with E-state index in [9.17, 15) is 4.79 Å². The van der Waals surface area contributed by atoms with E-state index in [1.807, 2.05) is 30.4 Å². The second-order valence-electron chi connectivity index (χ2n) is 4.07. The van der Waals surface area contributed by atoms with Gasteiger partial charge in [-0.3, -0.25) is 4.79 Å². The first kappa shape index (κ1) is 14.6. The van der Waals surface area contributed by atoms with E-state index in [1.54, 1.807) is 0 Å². The van der Waals surface area contributed by atoms with E-state index in [0.29, 0.717) is 6.42 Å². The van der Waals surface area contributed by atoms with Crippen LogP contribution in [0.5, 0.6) is 0 Å². The van der Waals surface area contributed by atoms with Gasteiger partial charge in [0.25, 0.3) is 0 Å². The van der Waals surface area contributed by atoms with Crippen LogP contribution in [0.3, 0.4) is 0 Å². The molecule has 0 N–H and O–H groups in total. The molecule has 0 aliphatic rings. The van der Waals surface area contributed by atoms with Gasteiger partial charge in [0.2, 0.25) is 0 Å². The molecule has 1 aromatic rings. The summed E-state index contributed by atoms with van der Waals surface area (Å²) in [5.74, 6) is 0. The molecular weight excluding hydrogens is 239 g/mol. The highest BCUT2D eigenvalue weighted by Crippen LogP contribution is 2.24. The lowest BCUT2D eigenvalue weighted by Gasteiger charge is -2.15. The third kappa shape index (κ3) is 3.27. The molecule has 2 heteroatoms. The van der Waals surface area contributed by atoms with E-state index in [1.165, 1.54) is 11.1 Å². The Balaban J connectivity index is 3.46. The van der Waals surface area contributed by atoms with Crippen LogP contribution in [-0.4, -0.2) is 5.52 Å². The Labute approximate surface area is 112 Å². The third-order valence-electron chi connectivity index (χ3n) is 2.85. The SMILES string of the molecule is C=CCc1ccc(C(=O)P)c(CC=C)c1CC=C. The van der Waals surface area contributed by atoms with E-state index in [2.05, 4.69) is 29.0 Å². The lowest BCUT2D eigenvalue weighted by molar-refractivity contribution is 0.108. The van der Waals surface area contributed by atoms with Gasteiger partial charge in [0, 0.05) is 5.56 Å². The van der Waals surface area contributed by atoms with Crippen molar-refractivity contribution in [3.8, 4) is 0 Å². The molecule has 0 fully saturated rings. The van der Waals surface area contributed by atoms with Gasteiger partial charge >= 0.3 is 0 Å². The number of hydrogen-bond acceptors (Lipinski definition) is 1. The zero-order chi connectivity index (χ0) is 13.5. The van der Waals surface area contributed by atoms with Crippen LogP contribution in [0.15, 0.2) is 50.1 Å². The van der Waals surface area contributed by atoms with Gasteiger partial charge in [0.15, 0.2) is 5.52 Å². The summed E-state index contributed by atoms with van der Waals surface area (Å²) in [4.78, 5) is 11.6. The van der Waals surface area contributed by atoms with Crippen molar-refractivity contribution in [1.29, 1.82) is 0 Å². The minimum atomic E-state index is 0.0160. The Bertz CT molecular complexity index is 486. The van der Waals surface area contributed by atoms with Gasteiger partial charge in [-0.05, 0) is 36.0 Å². The Kier molecular flexibility index (Phi) is 5.74. The molecule has 0 saturated heterocycles. The molecule has 1 unspecified atom stereocenters. The number of allylic oxidation sites excluding steroid dienone is 3. The number of carbonyl (C=O) groups excluding carboxylic acids is 1. The summed E-state index contributed by atoms with van der Waals surface area (Å²) in [6.07, 6.45) is 7.84.